The molecule has 1 aromatic heterocycles. The van der Waals surface area contributed by atoms with Crippen molar-refractivity contribution in [3.63, 3.8) is 0 Å². The van der Waals surface area contributed by atoms with Gasteiger partial charge in [-0.2, -0.15) is 11.3 Å². The fourth-order valence-corrected chi connectivity index (χ4v) is 5.06. The van der Waals surface area contributed by atoms with E-state index in [-0.39, 0.29) is 11.3 Å². The summed E-state index contributed by atoms with van der Waals surface area (Å²) in [5.41, 5.74) is 1.49. The van der Waals surface area contributed by atoms with Crippen LogP contribution in [0.25, 0.3) is 0 Å². The lowest BCUT2D eigenvalue weighted by Gasteiger charge is -2.34. The molecule has 0 radical (unpaired) electrons. The second-order valence-electron chi connectivity index (χ2n) is 7.37. The Hall–Kier alpha value is -0.960. The molecular formula is C17H27N3O3S2. The van der Waals surface area contributed by atoms with Crippen LogP contribution in [-0.2, 0) is 21.4 Å². The second kappa shape index (κ2) is 7.34. The molecule has 1 aliphatic heterocycles. The molecule has 2 heterocycles. The largest absolute Gasteiger partial charge is 0.335 e. The summed E-state index contributed by atoms with van der Waals surface area (Å²) in [7, 11) is -3.11. The number of hydrogen-bond donors (Lipinski definition) is 1. The van der Waals surface area contributed by atoms with Crippen molar-refractivity contribution in [2.24, 2.45) is 5.41 Å². The van der Waals surface area contributed by atoms with E-state index in [2.05, 4.69) is 26.4 Å². The van der Waals surface area contributed by atoms with E-state index in [9.17, 15) is 13.2 Å². The van der Waals surface area contributed by atoms with Crippen molar-refractivity contribution in [2.75, 3.05) is 32.4 Å². The van der Waals surface area contributed by atoms with E-state index in [0.717, 1.165) is 38.9 Å². The molecule has 1 saturated heterocycles. The Morgan fingerprint density at radius 3 is 2.72 bits per heavy atom. The van der Waals surface area contributed by atoms with Crippen LogP contribution in [0.1, 0.15) is 31.7 Å². The Labute approximate surface area is 154 Å². The average Bonchev–Trinajstić information content (AvgIpc) is 2.96. The molecule has 6 nitrogen and oxygen atoms in total. The molecule has 1 aliphatic carbocycles. The molecule has 8 heteroatoms. The van der Waals surface area contributed by atoms with E-state index < -0.39 is 10.0 Å². The highest BCUT2D eigenvalue weighted by Gasteiger charge is 2.58. The number of nitrogens with zero attached hydrogens (tertiary/aromatic N) is 2. The molecular weight excluding hydrogens is 358 g/mol. The highest BCUT2D eigenvalue weighted by molar-refractivity contribution is 7.88. The Morgan fingerprint density at radius 2 is 2.16 bits per heavy atom. The van der Waals surface area contributed by atoms with Crippen LogP contribution in [0, 0.1) is 5.41 Å². The van der Waals surface area contributed by atoms with Gasteiger partial charge < -0.3 is 9.80 Å². The highest BCUT2D eigenvalue weighted by atomic mass is 32.2. The van der Waals surface area contributed by atoms with E-state index >= 15 is 0 Å². The van der Waals surface area contributed by atoms with Gasteiger partial charge in [-0.05, 0) is 60.2 Å². The predicted molar refractivity (Wildman–Crippen MR) is 99.9 cm³/mol. The summed E-state index contributed by atoms with van der Waals surface area (Å²) in [6, 6.07) is 2.45. The smallest absolute Gasteiger partial charge is 0.220 e. The fourth-order valence-electron chi connectivity index (χ4n) is 3.94. The average molecular weight is 386 g/mol. The summed E-state index contributed by atoms with van der Waals surface area (Å²) in [6.45, 7) is 5.56. The molecule has 1 aromatic rings. The number of amides is 1. The van der Waals surface area contributed by atoms with Crippen LogP contribution < -0.4 is 4.72 Å². The predicted octanol–water partition coefficient (Wildman–Crippen LogP) is 1.50. The lowest BCUT2D eigenvalue weighted by Crippen LogP contribution is -2.42. The van der Waals surface area contributed by atoms with Gasteiger partial charge in [-0.25, -0.2) is 13.1 Å². The molecule has 140 valence electrons. The maximum atomic E-state index is 12.1. The van der Waals surface area contributed by atoms with E-state index in [1.54, 1.807) is 18.3 Å². The summed E-state index contributed by atoms with van der Waals surface area (Å²) < 4.78 is 24.8. The number of likely N-dealkylation sites (tertiary alicyclic amines) is 1. The minimum absolute atomic E-state index is 0.160. The summed E-state index contributed by atoms with van der Waals surface area (Å²) in [5.74, 6) is 0.160. The Bertz CT molecular complexity index is 695. The molecule has 0 bridgehead atoms. The van der Waals surface area contributed by atoms with Crippen molar-refractivity contribution in [1.82, 2.24) is 14.5 Å². The maximum absolute atomic E-state index is 12.1. The topological polar surface area (TPSA) is 69.7 Å². The third-order valence-electron chi connectivity index (χ3n) is 5.50. The fraction of sp³-hybridized carbons (Fsp3) is 0.706. The summed E-state index contributed by atoms with van der Waals surface area (Å²) in [5, 5.41) is 4.17. The molecule has 1 spiro atoms. The van der Waals surface area contributed by atoms with Gasteiger partial charge in [0.15, 0.2) is 0 Å². The Balaban J connectivity index is 1.49. The second-order valence-corrected chi connectivity index (χ2v) is 9.98. The molecule has 1 N–H and O–H groups in total. The van der Waals surface area contributed by atoms with Gasteiger partial charge in [0.1, 0.15) is 0 Å². The van der Waals surface area contributed by atoms with Gasteiger partial charge >= 0.3 is 0 Å². The van der Waals surface area contributed by atoms with E-state index in [1.807, 2.05) is 4.90 Å². The Morgan fingerprint density at radius 1 is 1.44 bits per heavy atom. The minimum Gasteiger partial charge on any atom is -0.335 e. The number of sulfonamides is 1. The zero-order valence-corrected chi connectivity index (χ0v) is 16.5. The molecule has 1 amide bonds. The van der Waals surface area contributed by atoms with E-state index in [4.69, 9.17) is 0 Å². The number of carbonyl (C=O) groups is 1. The number of carbonyl (C=O) groups excluding carboxylic acids is 1. The van der Waals surface area contributed by atoms with Crippen LogP contribution >= 0.6 is 11.3 Å². The summed E-state index contributed by atoms with van der Waals surface area (Å²) in [6.07, 6.45) is 4.47. The lowest BCUT2D eigenvalue weighted by atomic mass is 9.92. The van der Waals surface area contributed by atoms with Crippen LogP contribution in [0.3, 0.4) is 0 Å². The first-order chi connectivity index (χ1) is 11.8. The van der Waals surface area contributed by atoms with Crippen LogP contribution in [0.5, 0.6) is 0 Å². The standard InChI is InChI=1S/C17H27N3O3S2/c1-14(21)20(12-15-3-10-24-13-15)16-11-17(16)4-7-19(8-5-17)9-6-18-25(2,22)23/h3,10,13,16,18H,4-9,11-12H2,1-2H3. The van der Waals surface area contributed by atoms with Gasteiger partial charge in [-0.3, -0.25) is 4.79 Å². The molecule has 25 heavy (non-hydrogen) atoms. The van der Waals surface area contributed by atoms with Crippen LogP contribution in [-0.4, -0.2) is 62.6 Å². The van der Waals surface area contributed by atoms with Crippen molar-refractivity contribution >= 4 is 27.3 Å². The third kappa shape index (κ3) is 4.81. The molecule has 1 saturated carbocycles. The monoisotopic (exact) mass is 385 g/mol. The van der Waals surface area contributed by atoms with Gasteiger partial charge in [0.25, 0.3) is 0 Å². The van der Waals surface area contributed by atoms with Gasteiger partial charge in [-0.1, -0.05) is 0 Å². The molecule has 2 aliphatic rings. The SMILES string of the molecule is CC(=O)N(Cc1ccsc1)C1CC12CCN(CCNS(C)(=O)=O)CC2. The van der Waals surface area contributed by atoms with Crippen LogP contribution in [0.15, 0.2) is 16.8 Å². The van der Waals surface area contributed by atoms with Gasteiger partial charge in [0.05, 0.1) is 6.26 Å². The number of rotatable bonds is 7. The number of thiophene rings is 1. The molecule has 3 rings (SSSR count). The lowest BCUT2D eigenvalue weighted by molar-refractivity contribution is -0.130. The van der Waals surface area contributed by atoms with Crippen molar-refractivity contribution in [3.05, 3.63) is 22.4 Å². The van der Waals surface area contributed by atoms with Crippen molar-refractivity contribution in [1.29, 1.82) is 0 Å². The molecule has 1 unspecified atom stereocenters. The Kier molecular flexibility index (Phi) is 5.53. The normalized spacial score (nSPS) is 22.9. The van der Waals surface area contributed by atoms with Gasteiger partial charge in [0, 0.05) is 32.6 Å². The van der Waals surface area contributed by atoms with Crippen LogP contribution in [0.2, 0.25) is 0 Å². The van der Waals surface area contributed by atoms with Crippen molar-refractivity contribution < 1.29 is 13.2 Å². The summed E-state index contributed by atoms with van der Waals surface area (Å²) >= 11 is 1.67. The minimum atomic E-state index is -3.11. The first-order valence-electron chi connectivity index (χ1n) is 8.74. The maximum Gasteiger partial charge on any atom is 0.220 e. The number of nitrogens with one attached hydrogen (secondary N) is 1. The molecule has 2 fully saturated rings. The van der Waals surface area contributed by atoms with Crippen LogP contribution in [0.4, 0.5) is 0 Å². The van der Waals surface area contributed by atoms with Crippen molar-refractivity contribution in [2.45, 2.75) is 38.8 Å². The third-order valence-corrected chi connectivity index (χ3v) is 6.97. The first-order valence-corrected chi connectivity index (χ1v) is 11.6. The number of hydrogen-bond acceptors (Lipinski definition) is 5. The summed E-state index contributed by atoms with van der Waals surface area (Å²) in [4.78, 5) is 16.5. The first kappa shape index (κ1) is 18.8. The zero-order chi connectivity index (χ0) is 18.1. The van der Waals surface area contributed by atoms with Gasteiger partial charge in [-0.15, -0.1) is 0 Å². The number of piperidine rings is 1. The molecule has 1 atom stereocenters. The highest BCUT2D eigenvalue weighted by Crippen LogP contribution is 2.56. The quantitative estimate of drug-likeness (QED) is 0.772. The molecule has 0 aromatic carbocycles. The van der Waals surface area contributed by atoms with Crippen molar-refractivity contribution in [3.8, 4) is 0 Å². The van der Waals surface area contributed by atoms with E-state index in [1.165, 1.54) is 11.8 Å². The zero-order valence-electron chi connectivity index (χ0n) is 14.9. The van der Waals surface area contributed by atoms with E-state index in [0.29, 0.717) is 19.1 Å². The van der Waals surface area contributed by atoms with Gasteiger partial charge in [0.2, 0.25) is 15.9 Å².